The first-order valence-corrected chi connectivity index (χ1v) is 5.99. The van der Waals surface area contributed by atoms with Crippen LogP contribution in [-0.2, 0) is 0 Å². The molecule has 0 bridgehead atoms. The van der Waals surface area contributed by atoms with Crippen LogP contribution >= 0.6 is 0 Å². The van der Waals surface area contributed by atoms with Crippen molar-refractivity contribution in [3.63, 3.8) is 0 Å². The minimum absolute atomic E-state index is 0.0778. The highest BCUT2D eigenvalue weighted by atomic mass is 16.5. The number of benzene rings is 1. The molecule has 1 aromatic rings. The Kier molecular flexibility index (Phi) is 3.64. The molecule has 0 atom stereocenters. The van der Waals surface area contributed by atoms with Gasteiger partial charge in [0.1, 0.15) is 5.75 Å². The van der Waals surface area contributed by atoms with Gasteiger partial charge in [0.05, 0.1) is 12.2 Å². The molecule has 0 heterocycles. The van der Waals surface area contributed by atoms with E-state index in [0.717, 1.165) is 12.8 Å². The van der Waals surface area contributed by atoms with Crippen molar-refractivity contribution in [3.05, 3.63) is 29.8 Å². The molecule has 0 spiro atoms. The van der Waals surface area contributed by atoms with Gasteiger partial charge >= 0.3 is 0 Å². The molecule has 17 heavy (non-hydrogen) atoms. The molecule has 4 heteroatoms. The Balaban J connectivity index is 2.02. The van der Waals surface area contributed by atoms with Gasteiger partial charge in [-0.1, -0.05) is 12.1 Å². The van der Waals surface area contributed by atoms with Crippen LogP contribution < -0.4 is 15.8 Å². The Morgan fingerprint density at radius 1 is 1.47 bits per heavy atom. The van der Waals surface area contributed by atoms with Gasteiger partial charge in [-0.2, -0.15) is 0 Å². The summed E-state index contributed by atoms with van der Waals surface area (Å²) < 4.78 is 5.43. The van der Waals surface area contributed by atoms with Crippen molar-refractivity contribution in [2.75, 3.05) is 6.61 Å². The van der Waals surface area contributed by atoms with E-state index in [0.29, 0.717) is 17.9 Å². The molecular formula is C13H18N2O2. The second-order valence-electron chi connectivity index (χ2n) is 4.33. The van der Waals surface area contributed by atoms with Crippen LogP contribution in [0.3, 0.4) is 0 Å². The number of amides is 1. The normalized spacial score (nSPS) is 22.7. The summed E-state index contributed by atoms with van der Waals surface area (Å²) in [6.45, 7) is 2.46. The first-order chi connectivity index (χ1) is 8.20. The summed E-state index contributed by atoms with van der Waals surface area (Å²) in [7, 11) is 0. The number of carbonyl (C=O) groups excluding carboxylic acids is 1. The molecule has 4 nitrogen and oxygen atoms in total. The Hall–Kier alpha value is -1.55. The van der Waals surface area contributed by atoms with Crippen LogP contribution in [0.1, 0.15) is 30.1 Å². The van der Waals surface area contributed by atoms with Gasteiger partial charge in [-0.15, -0.1) is 0 Å². The zero-order valence-corrected chi connectivity index (χ0v) is 9.98. The third kappa shape index (κ3) is 2.77. The zero-order valence-electron chi connectivity index (χ0n) is 9.98. The van der Waals surface area contributed by atoms with E-state index in [1.54, 1.807) is 6.07 Å². The highest BCUT2D eigenvalue weighted by Crippen LogP contribution is 2.21. The average Bonchev–Trinajstić information content (AvgIpc) is 2.28. The lowest BCUT2D eigenvalue weighted by Gasteiger charge is -2.33. The van der Waals surface area contributed by atoms with Gasteiger partial charge in [0, 0.05) is 12.1 Å². The van der Waals surface area contributed by atoms with E-state index in [2.05, 4.69) is 5.32 Å². The van der Waals surface area contributed by atoms with Crippen molar-refractivity contribution in [1.29, 1.82) is 0 Å². The summed E-state index contributed by atoms with van der Waals surface area (Å²) in [6, 6.07) is 7.74. The third-order valence-electron chi connectivity index (χ3n) is 2.94. The first-order valence-electron chi connectivity index (χ1n) is 5.99. The fraction of sp³-hybridized carbons (Fsp3) is 0.462. The van der Waals surface area contributed by atoms with E-state index in [1.807, 2.05) is 25.1 Å². The van der Waals surface area contributed by atoms with Gasteiger partial charge < -0.3 is 15.8 Å². The summed E-state index contributed by atoms with van der Waals surface area (Å²) in [5.74, 6) is 0.557. The third-order valence-corrected chi connectivity index (χ3v) is 2.94. The lowest BCUT2D eigenvalue weighted by Crippen LogP contribution is -2.50. The van der Waals surface area contributed by atoms with Crippen LogP contribution in [0.2, 0.25) is 0 Å². The molecule has 1 fully saturated rings. The van der Waals surface area contributed by atoms with E-state index in [4.69, 9.17) is 10.5 Å². The number of hydrogen-bond donors (Lipinski definition) is 2. The molecule has 1 aliphatic rings. The van der Waals surface area contributed by atoms with E-state index in [9.17, 15) is 4.79 Å². The van der Waals surface area contributed by atoms with Crippen molar-refractivity contribution in [3.8, 4) is 5.75 Å². The average molecular weight is 234 g/mol. The number of carbonyl (C=O) groups is 1. The summed E-state index contributed by atoms with van der Waals surface area (Å²) >= 11 is 0. The number of rotatable bonds is 4. The minimum atomic E-state index is -0.0778. The van der Waals surface area contributed by atoms with Crippen LogP contribution in [0.25, 0.3) is 0 Å². The fourth-order valence-corrected chi connectivity index (χ4v) is 1.98. The number of nitrogens with one attached hydrogen (secondary N) is 1. The van der Waals surface area contributed by atoms with Crippen LogP contribution in [-0.4, -0.2) is 24.6 Å². The van der Waals surface area contributed by atoms with Crippen molar-refractivity contribution in [2.24, 2.45) is 5.73 Å². The van der Waals surface area contributed by atoms with Gasteiger partial charge in [0.15, 0.2) is 0 Å². The maximum absolute atomic E-state index is 12.0. The highest BCUT2D eigenvalue weighted by Gasteiger charge is 2.28. The van der Waals surface area contributed by atoms with Crippen molar-refractivity contribution in [2.45, 2.75) is 31.8 Å². The molecule has 0 radical (unpaired) electrons. The number of para-hydroxylation sites is 1. The SMILES string of the molecule is CCOc1ccccc1C(=O)NC1CC(N)C1. The Bertz CT molecular complexity index is 400. The van der Waals surface area contributed by atoms with Crippen molar-refractivity contribution < 1.29 is 9.53 Å². The van der Waals surface area contributed by atoms with E-state index in [-0.39, 0.29) is 18.0 Å². The molecule has 1 amide bonds. The van der Waals surface area contributed by atoms with E-state index in [1.165, 1.54) is 0 Å². The standard InChI is InChI=1S/C13H18N2O2/c1-2-17-12-6-4-3-5-11(12)13(16)15-10-7-9(14)8-10/h3-6,9-10H,2,7-8,14H2,1H3,(H,15,16). The molecule has 2 rings (SSSR count). The first kappa shape index (κ1) is 11.9. The second-order valence-corrected chi connectivity index (χ2v) is 4.33. The lowest BCUT2D eigenvalue weighted by molar-refractivity contribution is 0.0906. The Morgan fingerprint density at radius 2 is 2.18 bits per heavy atom. The highest BCUT2D eigenvalue weighted by molar-refractivity contribution is 5.97. The smallest absolute Gasteiger partial charge is 0.255 e. The summed E-state index contributed by atoms with van der Waals surface area (Å²) in [5, 5.41) is 2.96. The molecule has 1 aliphatic carbocycles. The van der Waals surface area contributed by atoms with Gasteiger partial charge in [-0.05, 0) is 31.9 Å². The van der Waals surface area contributed by atoms with E-state index >= 15 is 0 Å². The maximum Gasteiger partial charge on any atom is 0.255 e. The summed E-state index contributed by atoms with van der Waals surface area (Å²) in [5.41, 5.74) is 6.28. The molecular weight excluding hydrogens is 216 g/mol. The molecule has 0 aliphatic heterocycles. The molecule has 0 aromatic heterocycles. The zero-order chi connectivity index (χ0) is 12.3. The molecule has 1 aromatic carbocycles. The minimum Gasteiger partial charge on any atom is -0.493 e. The molecule has 3 N–H and O–H groups in total. The number of hydrogen-bond acceptors (Lipinski definition) is 3. The predicted octanol–water partition coefficient (Wildman–Crippen LogP) is 1.30. The Labute approximate surface area is 101 Å². The van der Waals surface area contributed by atoms with Gasteiger partial charge in [0.2, 0.25) is 0 Å². The maximum atomic E-state index is 12.0. The fourth-order valence-electron chi connectivity index (χ4n) is 1.98. The van der Waals surface area contributed by atoms with Crippen LogP contribution in [0, 0.1) is 0 Å². The van der Waals surface area contributed by atoms with Crippen LogP contribution in [0.15, 0.2) is 24.3 Å². The quantitative estimate of drug-likeness (QED) is 0.825. The van der Waals surface area contributed by atoms with E-state index < -0.39 is 0 Å². The molecule has 0 saturated heterocycles. The van der Waals surface area contributed by atoms with Gasteiger partial charge in [0.25, 0.3) is 5.91 Å². The molecule has 92 valence electrons. The van der Waals surface area contributed by atoms with Crippen LogP contribution in [0.5, 0.6) is 5.75 Å². The molecule has 1 saturated carbocycles. The number of nitrogens with two attached hydrogens (primary N) is 1. The lowest BCUT2D eigenvalue weighted by atomic mass is 9.87. The van der Waals surface area contributed by atoms with Crippen molar-refractivity contribution in [1.82, 2.24) is 5.32 Å². The second kappa shape index (κ2) is 5.19. The predicted molar refractivity (Wildman–Crippen MR) is 66.1 cm³/mol. The van der Waals surface area contributed by atoms with Gasteiger partial charge in [-0.3, -0.25) is 4.79 Å². The summed E-state index contributed by atoms with van der Waals surface area (Å²) in [6.07, 6.45) is 1.73. The Morgan fingerprint density at radius 3 is 2.82 bits per heavy atom. The summed E-state index contributed by atoms with van der Waals surface area (Å²) in [4.78, 5) is 12.0. The van der Waals surface area contributed by atoms with Crippen molar-refractivity contribution >= 4 is 5.91 Å². The monoisotopic (exact) mass is 234 g/mol. The van der Waals surface area contributed by atoms with Gasteiger partial charge in [-0.25, -0.2) is 0 Å². The topological polar surface area (TPSA) is 64.3 Å². The number of ether oxygens (including phenoxy) is 1. The largest absolute Gasteiger partial charge is 0.493 e. The van der Waals surface area contributed by atoms with Crippen LogP contribution in [0.4, 0.5) is 0 Å². The molecule has 0 unspecified atom stereocenters.